The third kappa shape index (κ3) is 1.65. The van der Waals surface area contributed by atoms with Gasteiger partial charge >= 0.3 is 5.88 Å². The summed E-state index contributed by atoms with van der Waals surface area (Å²) in [5, 5.41) is 15.5. The Morgan fingerprint density at radius 2 is 1.79 bits per heavy atom. The Labute approximate surface area is 135 Å². The van der Waals surface area contributed by atoms with Crippen molar-refractivity contribution in [3.8, 4) is 0 Å². The minimum absolute atomic E-state index is 0.126. The average Bonchev–Trinajstić information content (AvgIpc) is 3.20. The summed E-state index contributed by atoms with van der Waals surface area (Å²) in [6, 6.07) is 2.58. The van der Waals surface area contributed by atoms with E-state index in [1.54, 1.807) is 0 Å². The molecule has 1 saturated heterocycles. The molecule has 2 amide bonds. The predicted octanol–water partition coefficient (Wildman–Crippen LogP) is 1.57. The normalized spacial score (nSPS) is 38.8. The van der Waals surface area contributed by atoms with Crippen LogP contribution in [-0.4, -0.2) is 28.0 Å². The van der Waals surface area contributed by atoms with Crippen molar-refractivity contribution in [1.29, 1.82) is 0 Å². The molecule has 0 unspecified atom stereocenters. The molecule has 1 aliphatic heterocycles. The molecule has 0 aromatic carbocycles. The number of amides is 2. The Morgan fingerprint density at radius 1 is 1.17 bits per heavy atom. The highest BCUT2D eigenvalue weighted by atomic mass is 16.6. The summed E-state index contributed by atoms with van der Waals surface area (Å²) < 4.78 is 4.96. The van der Waals surface area contributed by atoms with Crippen molar-refractivity contribution in [2.75, 3.05) is 0 Å². The minimum Gasteiger partial charge on any atom is -0.400 e. The van der Waals surface area contributed by atoms with Crippen molar-refractivity contribution in [1.82, 2.24) is 5.01 Å². The number of hydrogen-bond donors (Lipinski definition) is 0. The van der Waals surface area contributed by atoms with Crippen LogP contribution >= 0.6 is 0 Å². The Kier molecular flexibility index (Phi) is 2.50. The molecule has 2 bridgehead atoms. The molecule has 6 rings (SSSR count). The number of carbonyl (C=O) groups excluding carboxylic acids is 2. The van der Waals surface area contributed by atoms with Crippen molar-refractivity contribution >= 4 is 23.9 Å². The molecule has 6 atom stereocenters. The molecule has 2 saturated carbocycles. The van der Waals surface area contributed by atoms with Crippen molar-refractivity contribution in [3.63, 3.8) is 0 Å². The Morgan fingerprint density at radius 3 is 2.33 bits per heavy atom. The molecule has 1 aromatic heterocycles. The van der Waals surface area contributed by atoms with Crippen LogP contribution in [0, 0.1) is 45.6 Å². The van der Waals surface area contributed by atoms with E-state index in [2.05, 4.69) is 17.3 Å². The zero-order chi connectivity index (χ0) is 16.6. The van der Waals surface area contributed by atoms with Crippen LogP contribution in [0.2, 0.25) is 0 Å². The van der Waals surface area contributed by atoms with Gasteiger partial charge in [-0.1, -0.05) is 12.2 Å². The third-order valence-electron chi connectivity index (χ3n) is 5.73. The number of furan rings is 1. The lowest BCUT2D eigenvalue weighted by molar-refractivity contribution is -0.402. The van der Waals surface area contributed by atoms with Crippen LogP contribution in [0.3, 0.4) is 0 Å². The second-order valence-corrected chi connectivity index (χ2v) is 6.82. The van der Waals surface area contributed by atoms with E-state index < -0.39 is 10.8 Å². The fraction of sp³-hybridized carbons (Fsp3) is 0.438. The van der Waals surface area contributed by atoms with Gasteiger partial charge in [0.25, 0.3) is 11.8 Å². The number of allylic oxidation sites excluding steroid dienone is 2. The molecule has 1 aromatic rings. The smallest absolute Gasteiger partial charge is 0.400 e. The fourth-order valence-corrected chi connectivity index (χ4v) is 4.68. The van der Waals surface area contributed by atoms with Gasteiger partial charge in [0.2, 0.25) is 0 Å². The standard InChI is InChI=1S/C16H13N3O5/c20-15-13-8-2-3-9(11-5-10(8)11)14(13)16(21)18(15)17-6-7-1-4-12(24-7)19(22)23/h1-4,6,8-11,13-14H,5H2/b17-6-/t8-,9-,10-,11+,13+,14-/m1/s1. The first-order valence-corrected chi connectivity index (χ1v) is 7.90. The van der Waals surface area contributed by atoms with Gasteiger partial charge in [-0.2, -0.15) is 10.1 Å². The maximum atomic E-state index is 12.7. The summed E-state index contributed by atoms with van der Waals surface area (Å²) in [7, 11) is 0. The van der Waals surface area contributed by atoms with E-state index in [9.17, 15) is 19.7 Å². The number of rotatable bonds is 3. The van der Waals surface area contributed by atoms with Crippen molar-refractivity contribution in [3.05, 3.63) is 40.2 Å². The molecule has 0 radical (unpaired) electrons. The SMILES string of the molecule is O=C1[C@@H]2[C@@H]3C=C[C@H]([C@H]4C[C@@H]34)[C@@H]2C(=O)N1/N=C\c1ccc([N+](=O)[O-])o1. The van der Waals surface area contributed by atoms with Crippen LogP contribution in [0.25, 0.3) is 0 Å². The molecule has 3 fully saturated rings. The predicted molar refractivity (Wildman–Crippen MR) is 79.5 cm³/mol. The molecule has 24 heavy (non-hydrogen) atoms. The van der Waals surface area contributed by atoms with Crippen LogP contribution < -0.4 is 0 Å². The van der Waals surface area contributed by atoms with Crippen LogP contribution in [0.5, 0.6) is 0 Å². The minimum atomic E-state index is -0.659. The van der Waals surface area contributed by atoms with Gasteiger partial charge < -0.3 is 4.42 Å². The topological polar surface area (TPSA) is 106 Å². The second kappa shape index (κ2) is 4.40. The van der Waals surface area contributed by atoms with Crippen LogP contribution in [-0.2, 0) is 9.59 Å². The number of carbonyl (C=O) groups is 2. The summed E-state index contributed by atoms with van der Waals surface area (Å²) in [4.78, 5) is 35.3. The van der Waals surface area contributed by atoms with E-state index in [0.717, 1.165) is 11.4 Å². The lowest BCUT2D eigenvalue weighted by Gasteiger charge is -2.37. The number of nitrogens with zero attached hydrogens (tertiary/aromatic N) is 3. The first kappa shape index (κ1) is 13.6. The Hall–Kier alpha value is -2.77. The van der Waals surface area contributed by atoms with Gasteiger partial charge in [-0.25, -0.2) is 0 Å². The van der Waals surface area contributed by atoms with Crippen molar-refractivity contribution < 1.29 is 18.9 Å². The maximum absolute atomic E-state index is 12.7. The fourth-order valence-electron chi connectivity index (χ4n) is 4.68. The molecule has 0 N–H and O–H groups in total. The Balaban J connectivity index is 1.42. The van der Waals surface area contributed by atoms with E-state index in [1.807, 2.05) is 0 Å². The first-order chi connectivity index (χ1) is 11.6. The molecule has 5 aliphatic rings. The second-order valence-electron chi connectivity index (χ2n) is 6.82. The van der Waals surface area contributed by atoms with Gasteiger partial charge in [0.05, 0.1) is 24.1 Å². The van der Waals surface area contributed by atoms with Gasteiger partial charge in [0.15, 0.2) is 5.76 Å². The number of hydrogen-bond acceptors (Lipinski definition) is 6. The molecule has 122 valence electrons. The zero-order valence-corrected chi connectivity index (χ0v) is 12.4. The van der Waals surface area contributed by atoms with Crippen LogP contribution in [0.15, 0.2) is 33.8 Å². The molecule has 0 spiro atoms. The highest BCUT2D eigenvalue weighted by Gasteiger charge is 2.67. The Bertz CT molecular complexity index is 805. The van der Waals surface area contributed by atoms with Gasteiger partial charge in [0.1, 0.15) is 4.92 Å². The van der Waals surface area contributed by atoms with E-state index in [4.69, 9.17) is 4.42 Å². The summed E-state index contributed by atoms with van der Waals surface area (Å²) in [5.41, 5.74) is 0. The van der Waals surface area contributed by atoms with Gasteiger partial charge in [-0.05, 0) is 36.2 Å². The summed E-state index contributed by atoms with van der Waals surface area (Å²) in [6.45, 7) is 0. The van der Waals surface area contributed by atoms with Crippen LogP contribution in [0.4, 0.5) is 5.88 Å². The van der Waals surface area contributed by atoms with E-state index in [-0.39, 0.29) is 41.2 Å². The lowest BCUT2D eigenvalue weighted by Crippen LogP contribution is -2.40. The molecular weight excluding hydrogens is 314 g/mol. The number of imide groups is 1. The molecule has 2 heterocycles. The molecule has 8 nitrogen and oxygen atoms in total. The number of nitro groups is 1. The van der Waals surface area contributed by atoms with E-state index in [1.165, 1.54) is 18.3 Å². The highest BCUT2D eigenvalue weighted by molar-refractivity contribution is 6.06. The van der Waals surface area contributed by atoms with Crippen molar-refractivity contribution in [2.45, 2.75) is 6.42 Å². The summed E-state index contributed by atoms with van der Waals surface area (Å²) >= 11 is 0. The summed E-state index contributed by atoms with van der Waals surface area (Å²) in [5.74, 6) is -0.0765. The van der Waals surface area contributed by atoms with Gasteiger partial charge in [-0.15, -0.1) is 0 Å². The molecule has 4 aliphatic carbocycles. The monoisotopic (exact) mass is 327 g/mol. The first-order valence-electron chi connectivity index (χ1n) is 7.90. The summed E-state index contributed by atoms with van der Waals surface area (Å²) in [6.07, 6.45) is 6.47. The lowest BCUT2D eigenvalue weighted by atomic mass is 9.63. The van der Waals surface area contributed by atoms with E-state index >= 15 is 0 Å². The van der Waals surface area contributed by atoms with E-state index in [0.29, 0.717) is 11.8 Å². The molecular formula is C16H13N3O5. The third-order valence-corrected chi connectivity index (χ3v) is 5.73. The van der Waals surface area contributed by atoms with Crippen LogP contribution in [0.1, 0.15) is 12.2 Å². The molecule has 8 heteroatoms. The zero-order valence-electron chi connectivity index (χ0n) is 12.4. The van der Waals surface area contributed by atoms with Crippen molar-refractivity contribution in [2.24, 2.45) is 40.6 Å². The van der Waals surface area contributed by atoms with Gasteiger partial charge in [-0.3, -0.25) is 19.7 Å². The maximum Gasteiger partial charge on any atom is 0.433 e. The highest BCUT2D eigenvalue weighted by Crippen LogP contribution is 2.65. The largest absolute Gasteiger partial charge is 0.433 e. The quantitative estimate of drug-likeness (QED) is 0.275. The number of hydrazone groups is 1. The van der Waals surface area contributed by atoms with Gasteiger partial charge in [0, 0.05) is 0 Å². The average molecular weight is 327 g/mol.